The van der Waals surface area contributed by atoms with Gasteiger partial charge >= 0.3 is 0 Å². The molecule has 2 atom stereocenters. The number of allylic oxidation sites excluding steroid dienone is 1. The molecular weight excluding hydrogens is 340 g/mol. The van der Waals surface area contributed by atoms with E-state index >= 15 is 0 Å². The third kappa shape index (κ3) is 5.80. The van der Waals surface area contributed by atoms with Crippen molar-refractivity contribution in [3.8, 4) is 5.75 Å². The number of pyridine rings is 1. The second-order valence-electron chi connectivity index (χ2n) is 7.80. The van der Waals surface area contributed by atoms with Gasteiger partial charge in [0.15, 0.2) is 0 Å². The minimum Gasteiger partial charge on any atom is -0.487 e. The Morgan fingerprint density at radius 2 is 2.19 bits per heavy atom. The van der Waals surface area contributed by atoms with Gasteiger partial charge in [-0.05, 0) is 36.8 Å². The van der Waals surface area contributed by atoms with E-state index in [1.807, 2.05) is 17.2 Å². The van der Waals surface area contributed by atoms with Crippen LogP contribution in [0, 0.1) is 11.8 Å². The summed E-state index contributed by atoms with van der Waals surface area (Å²) in [5.74, 6) is 1.87. The van der Waals surface area contributed by atoms with Crippen LogP contribution in [-0.4, -0.2) is 48.2 Å². The number of nitrogens with zero attached hydrogens (tertiary/aromatic N) is 2. The number of amides is 1. The van der Waals surface area contributed by atoms with E-state index in [0.717, 1.165) is 43.5 Å². The van der Waals surface area contributed by atoms with Crippen molar-refractivity contribution in [1.82, 2.24) is 9.88 Å². The standard InChI is InChI=1S/C22H32N2O3/c1-3-17(2)5-4-6-18-13-21(15-23-14-18)27-20-7-10-24(16-20)22(25)19-8-11-26-12-9-19/h4,6,13-15,17,19-20H,3,5,7-12,16H2,1-2H3/b6-4+/t17-,20+/m1/s1. The lowest BCUT2D eigenvalue weighted by Gasteiger charge is -2.26. The van der Waals surface area contributed by atoms with Gasteiger partial charge in [0.25, 0.3) is 0 Å². The molecule has 0 aromatic carbocycles. The molecule has 0 bridgehead atoms. The van der Waals surface area contributed by atoms with Gasteiger partial charge in [-0.1, -0.05) is 32.4 Å². The van der Waals surface area contributed by atoms with Gasteiger partial charge in [0.1, 0.15) is 11.9 Å². The molecule has 3 heterocycles. The summed E-state index contributed by atoms with van der Waals surface area (Å²) in [6, 6.07) is 2.03. The van der Waals surface area contributed by atoms with Crippen molar-refractivity contribution in [2.75, 3.05) is 26.3 Å². The highest BCUT2D eigenvalue weighted by Crippen LogP contribution is 2.23. The van der Waals surface area contributed by atoms with E-state index in [1.54, 1.807) is 6.20 Å². The molecule has 0 spiro atoms. The van der Waals surface area contributed by atoms with Crippen LogP contribution in [0.3, 0.4) is 0 Å². The number of carbonyl (C=O) groups is 1. The van der Waals surface area contributed by atoms with Gasteiger partial charge in [0.2, 0.25) is 5.91 Å². The Hall–Kier alpha value is -1.88. The maximum Gasteiger partial charge on any atom is 0.225 e. The van der Waals surface area contributed by atoms with Crippen molar-refractivity contribution in [3.63, 3.8) is 0 Å². The first-order chi connectivity index (χ1) is 13.2. The third-order valence-electron chi connectivity index (χ3n) is 5.61. The zero-order valence-electron chi connectivity index (χ0n) is 16.6. The molecule has 1 aromatic heterocycles. The van der Waals surface area contributed by atoms with Gasteiger partial charge in [-0.25, -0.2) is 0 Å². The largest absolute Gasteiger partial charge is 0.487 e. The summed E-state index contributed by atoms with van der Waals surface area (Å²) in [7, 11) is 0. The summed E-state index contributed by atoms with van der Waals surface area (Å²) in [4.78, 5) is 18.9. The molecule has 0 unspecified atom stereocenters. The minimum absolute atomic E-state index is 0.0509. The maximum atomic E-state index is 12.6. The number of rotatable bonds is 7. The van der Waals surface area contributed by atoms with Gasteiger partial charge in [-0.3, -0.25) is 9.78 Å². The molecule has 2 saturated heterocycles. The number of likely N-dealkylation sites (tertiary alicyclic amines) is 1. The Morgan fingerprint density at radius 1 is 1.37 bits per heavy atom. The van der Waals surface area contributed by atoms with E-state index in [0.29, 0.717) is 25.7 Å². The van der Waals surface area contributed by atoms with E-state index in [2.05, 4.69) is 31.0 Å². The highest BCUT2D eigenvalue weighted by atomic mass is 16.5. The fourth-order valence-electron chi connectivity index (χ4n) is 3.61. The number of hydrogen-bond donors (Lipinski definition) is 0. The molecule has 1 amide bonds. The van der Waals surface area contributed by atoms with Crippen LogP contribution in [0.2, 0.25) is 0 Å². The van der Waals surface area contributed by atoms with Gasteiger partial charge in [0, 0.05) is 38.3 Å². The smallest absolute Gasteiger partial charge is 0.225 e. The lowest BCUT2D eigenvalue weighted by atomic mass is 9.99. The second kappa shape index (κ2) is 9.88. The first-order valence-electron chi connectivity index (χ1n) is 10.3. The summed E-state index contributed by atoms with van der Waals surface area (Å²) in [5, 5.41) is 0. The van der Waals surface area contributed by atoms with Crippen LogP contribution in [-0.2, 0) is 9.53 Å². The zero-order chi connectivity index (χ0) is 19.1. The van der Waals surface area contributed by atoms with Gasteiger partial charge < -0.3 is 14.4 Å². The summed E-state index contributed by atoms with van der Waals surface area (Å²) < 4.78 is 11.5. The summed E-state index contributed by atoms with van der Waals surface area (Å²) in [6.45, 7) is 7.33. The topological polar surface area (TPSA) is 51.7 Å². The molecule has 5 heteroatoms. The molecule has 2 fully saturated rings. The SMILES string of the molecule is CC[C@@H](C)C/C=C/c1cncc(O[C@H]2CCN(C(=O)C3CCOCC3)C2)c1. The van der Waals surface area contributed by atoms with Crippen molar-refractivity contribution in [1.29, 1.82) is 0 Å². The predicted octanol–water partition coefficient (Wildman–Crippen LogP) is 3.94. The molecule has 0 aliphatic carbocycles. The Morgan fingerprint density at radius 3 is 2.96 bits per heavy atom. The molecule has 0 radical (unpaired) electrons. The lowest BCUT2D eigenvalue weighted by molar-refractivity contribution is -0.137. The van der Waals surface area contributed by atoms with Crippen molar-refractivity contribution >= 4 is 12.0 Å². The lowest BCUT2D eigenvalue weighted by Crippen LogP contribution is -2.38. The maximum absolute atomic E-state index is 12.6. The monoisotopic (exact) mass is 372 g/mol. The quantitative estimate of drug-likeness (QED) is 0.727. The van der Waals surface area contributed by atoms with Gasteiger partial charge in [0.05, 0.1) is 12.7 Å². The molecule has 0 N–H and O–H groups in total. The van der Waals surface area contributed by atoms with Gasteiger partial charge in [-0.15, -0.1) is 0 Å². The van der Waals surface area contributed by atoms with Gasteiger partial charge in [-0.2, -0.15) is 0 Å². The Balaban J connectivity index is 1.50. The number of carbonyl (C=O) groups excluding carboxylic acids is 1. The van der Waals surface area contributed by atoms with Crippen LogP contribution in [0.4, 0.5) is 0 Å². The highest BCUT2D eigenvalue weighted by Gasteiger charge is 2.32. The van der Waals surface area contributed by atoms with Crippen molar-refractivity contribution < 1.29 is 14.3 Å². The average Bonchev–Trinajstić information content (AvgIpc) is 3.16. The van der Waals surface area contributed by atoms with Crippen LogP contribution in [0.5, 0.6) is 5.75 Å². The first kappa shape index (κ1) is 19.9. The minimum atomic E-state index is 0.0509. The summed E-state index contributed by atoms with van der Waals surface area (Å²) in [6.07, 6.45) is 12.8. The summed E-state index contributed by atoms with van der Waals surface area (Å²) in [5.41, 5.74) is 1.06. The number of hydrogen-bond acceptors (Lipinski definition) is 4. The fraction of sp³-hybridized carbons (Fsp3) is 0.636. The Bertz CT molecular complexity index is 640. The molecule has 3 rings (SSSR count). The van der Waals surface area contributed by atoms with Crippen LogP contribution in [0.15, 0.2) is 24.5 Å². The van der Waals surface area contributed by atoms with E-state index in [4.69, 9.17) is 9.47 Å². The third-order valence-corrected chi connectivity index (χ3v) is 5.61. The van der Waals surface area contributed by atoms with E-state index in [-0.39, 0.29) is 17.9 Å². The number of aromatic nitrogens is 1. The van der Waals surface area contributed by atoms with E-state index in [9.17, 15) is 4.79 Å². The molecule has 5 nitrogen and oxygen atoms in total. The molecule has 1 aromatic rings. The first-order valence-corrected chi connectivity index (χ1v) is 10.3. The number of ether oxygens (including phenoxy) is 2. The average molecular weight is 373 g/mol. The Kier molecular flexibility index (Phi) is 7.27. The molecule has 0 saturated carbocycles. The molecule has 148 valence electrons. The van der Waals surface area contributed by atoms with Crippen molar-refractivity contribution in [2.45, 2.75) is 52.1 Å². The zero-order valence-corrected chi connectivity index (χ0v) is 16.6. The van der Waals surface area contributed by atoms with Crippen LogP contribution < -0.4 is 4.74 Å². The predicted molar refractivity (Wildman–Crippen MR) is 106 cm³/mol. The summed E-state index contributed by atoms with van der Waals surface area (Å²) >= 11 is 0. The van der Waals surface area contributed by atoms with E-state index in [1.165, 1.54) is 6.42 Å². The molecular formula is C22H32N2O3. The van der Waals surface area contributed by atoms with Crippen LogP contribution in [0.1, 0.15) is 51.5 Å². The molecule has 2 aliphatic heterocycles. The second-order valence-corrected chi connectivity index (χ2v) is 7.80. The highest BCUT2D eigenvalue weighted by molar-refractivity contribution is 5.79. The van der Waals surface area contributed by atoms with Crippen LogP contribution in [0.25, 0.3) is 6.08 Å². The normalized spacial score (nSPS) is 22.3. The molecule has 2 aliphatic rings. The van der Waals surface area contributed by atoms with Crippen molar-refractivity contribution in [2.24, 2.45) is 11.8 Å². The Labute approximate surface area is 162 Å². The van der Waals surface area contributed by atoms with Crippen molar-refractivity contribution in [3.05, 3.63) is 30.1 Å². The molecule has 27 heavy (non-hydrogen) atoms. The van der Waals surface area contributed by atoms with E-state index < -0.39 is 0 Å². The van der Waals surface area contributed by atoms with Crippen LogP contribution >= 0.6 is 0 Å². The fourth-order valence-corrected chi connectivity index (χ4v) is 3.61.